The van der Waals surface area contributed by atoms with Crippen LogP contribution in [0.1, 0.15) is 50.2 Å². The van der Waals surface area contributed by atoms with E-state index in [9.17, 15) is 4.79 Å². The third-order valence-electron chi connectivity index (χ3n) is 2.99. The Morgan fingerprint density at radius 2 is 1.20 bits per heavy atom. The van der Waals surface area contributed by atoms with Gasteiger partial charge in [-0.15, -0.1) is 0 Å². The molecule has 0 aliphatic heterocycles. The Bertz CT molecular complexity index is 357. The molecule has 0 radical (unpaired) electrons. The van der Waals surface area contributed by atoms with Crippen molar-refractivity contribution in [3.05, 3.63) is 32.7 Å². The van der Waals surface area contributed by atoms with E-state index in [-0.39, 0.29) is 5.43 Å². The first-order valence-corrected chi connectivity index (χ1v) is 5.95. The number of aryl methyl sites for hydroxylation is 2. The van der Waals surface area contributed by atoms with Crippen LogP contribution >= 0.6 is 0 Å². The van der Waals surface area contributed by atoms with Gasteiger partial charge in [0.25, 0.3) is 0 Å². The summed E-state index contributed by atoms with van der Waals surface area (Å²) < 4.78 is 0. The first kappa shape index (κ1) is 12.0. The predicted molar refractivity (Wildman–Crippen MR) is 64.6 cm³/mol. The number of aromatic amines is 1. The molecule has 1 N–H and O–H groups in total. The van der Waals surface area contributed by atoms with Gasteiger partial charge >= 0.3 is 0 Å². The number of rotatable bonds is 4. The SMILES string of the molecule is CCc1[nH]c(CC)c(CC)c(=O)c1CC. The molecule has 0 spiro atoms. The van der Waals surface area contributed by atoms with E-state index in [4.69, 9.17) is 0 Å². The average Bonchev–Trinajstić information content (AvgIpc) is 2.27. The summed E-state index contributed by atoms with van der Waals surface area (Å²) in [6.45, 7) is 8.29. The Kier molecular flexibility index (Phi) is 4.13. The van der Waals surface area contributed by atoms with Crippen LogP contribution in [0.15, 0.2) is 4.79 Å². The molecule has 2 nitrogen and oxygen atoms in total. The molecule has 84 valence electrons. The Labute approximate surface area is 91.7 Å². The standard InChI is InChI=1S/C13H21NO/c1-5-9-11(7-3)14-12(8-4)10(6-2)13(9)15/h5-8H2,1-4H3,(H,14,15). The smallest absolute Gasteiger partial charge is 0.188 e. The molecule has 0 amide bonds. The summed E-state index contributed by atoms with van der Waals surface area (Å²) in [5, 5.41) is 0. The van der Waals surface area contributed by atoms with Crippen molar-refractivity contribution >= 4 is 0 Å². The van der Waals surface area contributed by atoms with Crippen molar-refractivity contribution in [3.63, 3.8) is 0 Å². The Hall–Kier alpha value is -1.05. The van der Waals surface area contributed by atoms with E-state index in [1.54, 1.807) is 0 Å². The zero-order chi connectivity index (χ0) is 11.4. The third-order valence-corrected chi connectivity index (χ3v) is 2.99. The van der Waals surface area contributed by atoms with E-state index >= 15 is 0 Å². The lowest BCUT2D eigenvalue weighted by Crippen LogP contribution is -2.20. The zero-order valence-corrected chi connectivity index (χ0v) is 10.2. The molecule has 0 saturated heterocycles. The fourth-order valence-electron chi connectivity index (χ4n) is 2.14. The molecule has 0 fully saturated rings. The lowest BCUT2D eigenvalue weighted by Gasteiger charge is -2.12. The van der Waals surface area contributed by atoms with Crippen molar-refractivity contribution in [2.45, 2.75) is 53.4 Å². The van der Waals surface area contributed by atoms with Crippen LogP contribution in [-0.4, -0.2) is 4.98 Å². The van der Waals surface area contributed by atoms with Crippen molar-refractivity contribution < 1.29 is 0 Å². The van der Waals surface area contributed by atoms with Gasteiger partial charge in [0.15, 0.2) is 5.43 Å². The lowest BCUT2D eigenvalue weighted by molar-refractivity contribution is 0.865. The van der Waals surface area contributed by atoms with Gasteiger partial charge in [-0.05, 0) is 25.7 Å². The summed E-state index contributed by atoms with van der Waals surface area (Å²) in [5.41, 5.74) is 4.47. The molecule has 1 aromatic rings. The van der Waals surface area contributed by atoms with E-state index in [2.05, 4.69) is 32.7 Å². The van der Waals surface area contributed by atoms with Gasteiger partial charge in [0, 0.05) is 22.5 Å². The second kappa shape index (κ2) is 5.15. The Morgan fingerprint density at radius 3 is 1.47 bits per heavy atom. The topological polar surface area (TPSA) is 32.9 Å². The molecule has 0 atom stereocenters. The van der Waals surface area contributed by atoms with E-state index in [0.717, 1.165) is 48.2 Å². The predicted octanol–water partition coefficient (Wildman–Crippen LogP) is 2.62. The highest BCUT2D eigenvalue weighted by Crippen LogP contribution is 2.10. The molecule has 0 saturated carbocycles. The molecule has 0 unspecified atom stereocenters. The second-order valence-corrected chi connectivity index (χ2v) is 3.78. The second-order valence-electron chi connectivity index (χ2n) is 3.78. The fraction of sp³-hybridized carbons (Fsp3) is 0.615. The quantitative estimate of drug-likeness (QED) is 0.809. The number of H-pyrrole nitrogens is 1. The summed E-state index contributed by atoms with van der Waals surface area (Å²) >= 11 is 0. The van der Waals surface area contributed by atoms with Crippen molar-refractivity contribution in [1.82, 2.24) is 4.98 Å². The van der Waals surface area contributed by atoms with Crippen molar-refractivity contribution in [2.75, 3.05) is 0 Å². The normalized spacial score (nSPS) is 10.7. The molecule has 0 aromatic carbocycles. The average molecular weight is 207 g/mol. The number of aromatic nitrogens is 1. The van der Waals surface area contributed by atoms with E-state index in [1.165, 1.54) is 0 Å². The number of nitrogens with one attached hydrogen (secondary N) is 1. The van der Waals surface area contributed by atoms with Crippen molar-refractivity contribution in [1.29, 1.82) is 0 Å². The van der Waals surface area contributed by atoms with Gasteiger partial charge < -0.3 is 4.98 Å². The summed E-state index contributed by atoms with van der Waals surface area (Å²) in [5.74, 6) is 0. The number of pyridine rings is 1. The summed E-state index contributed by atoms with van der Waals surface area (Å²) in [4.78, 5) is 15.6. The van der Waals surface area contributed by atoms with Crippen LogP contribution in [-0.2, 0) is 25.7 Å². The molecule has 0 bridgehead atoms. The van der Waals surface area contributed by atoms with Crippen LogP contribution in [0.25, 0.3) is 0 Å². The highest BCUT2D eigenvalue weighted by Gasteiger charge is 2.11. The molecule has 0 aliphatic rings. The summed E-state index contributed by atoms with van der Waals surface area (Å²) in [6, 6.07) is 0. The van der Waals surface area contributed by atoms with Crippen molar-refractivity contribution in [3.8, 4) is 0 Å². The summed E-state index contributed by atoms with van der Waals surface area (Å²) in [7, 11) is 0. The maximum absolute atomic E-state index is 12.2. The highest BCUT2D eigenvalue weighted by atomic mass is 16.1. The fourth-order valence-corrected chi connectivity index (χ4v) is 2.14. The minimum atomic E-state index is 0.271. The van der Waals surface area contributed by atoms with Crippen LogP contribution in [0.3, 0.4) is 0 Å². The first-order valence-electron chi connectivity index (χ1n) is 5.95. The summed E-state index contributed by atoms with van der Waals surface area (Å²) in [6.07, 6.45) is 3.48. The van der Waals surface area contributed by atoms with Gasteiger partial charge in [-0.3, -0.25) is 4.79 Å². The van der Waals surface area contributed by atoms with E-state index < -0.39 is 0 Å². The van der Waals surface area contributed by atoms with Gasteiger partial charge in [-0.2, -0.15) is 0 Å². The maximum Gasteiger partial charge on any atom is 0.188 e. The van der Waals surface area contributed by atoms with Gasteiger partial charge in [-0.1, -0.05) is 27.7 Å². The molecule has 1 aromatic heterocycles. The van der Waals surface area contributed by atoms with Crippen LogP contribution in [0.5, 0.6) is 0 Å². The molecular weight excluding hydrogens is 186 g/mol. The molecule has 0 aliphatic carbocycles. The van der Waals surface area contributed by atoms with E-state index in [1.807, 2.05) is 0 Å². The number of hydrogen-bond acceptors (Lipinski definition) is 1. The van der Waals surface area contributed by atoms with E-state index in [0.29, 0.717) is 0 Å². The monoisotopic (exact) mass is 207 g/mol. The zero-order valence-electron chi connectivity index (χ0n) is 10.2. The minimum absolute atomic E-state index is 0.271. The van der Waals surface area contributed by atoms with Crippen LogP contribution in [0, 0.1) is 0 Å². The molecule has 1 rings (SSSR count). The van der Waals surface area contributed by atoms with Crippen molar-refractivity contribution in [2.24, 2.45) is 0 Å². The van der Waals surface area contributed by atoms with Gasteiger partial charge in [-0.25, -0.2) is 0 Å². The first-order chi connectivity index (χ1) is 7.19. The largest absolute Gasteiger partial charge is 0.362 e. The van der Waals surface area contributed by atoms with Gasteiger partial charge in [0.2, 0.25) is 0 Å². The third kappa shape index (κ3) is 2.14. The molecule has 2 heteroatoms. The van der Waals surface area contributed by atoms with Gasteiger partial charge in [0.05, 0.1) is 0 Å². The Morgan fingerprint density at radius 1 is 0.800 bits per heavy atom. The minimum Gasteiger partial charge on any atom is -0.362 e. The van der Waals surface area contributed by atoms with Gasteiger partial charge in [0.1, 0.15) is 0 Å². The van der Waals surface area contributed by atoms with Crippen LogP contribution in [0.2, 0.25) is 0 Å². The van der Waals surface area contributed by atoms with Crippen LogP contribution in [0.4, 0.5) is 0 Å². The lowest BCUT2D eigenvalue weighted by atomic mass is 10.0. The highest BCUT2D eigenvalue weighted by molar-refractivity contribution is 5.31. The number of hydrogen-bond donors (Lipinski definition) is 1. The molecular formula is C13H21NO. The van der Waals surface area contributed by atoms with Crippen LogP contribution < -0.4 is 5.43 Å². The maximum atomic E-state index is 12.2. The molecule has 1 heterocycles. The Balaban J connectivity index is 3.49. The molecule has 15 heavy (non-hydrogen) atoms.